The molecule has 1 N–H and O–H groups in total. The standard InChI is InChI=1S/C26H34FNO5S/c1-3-19-9-12-23-21(25(19)27)11-10-20(4-2)28(23)34(30,31)26(29)22-7-5-6-8-24(22)33-17-18-13-15-32-16-14-18/h5-9,12,18,20,26,29H,3-4,10-11,13-17H2,1-2H3. The van der Waals surface area contributed by atoms with Crippen molar-refractivity contribution < 1.29 is 27.4 Å². The highest BCUT2D eigenvalue weighted by Crippen LogP contribution is 2.41. The van der Waals surface area contributed by atoms with E-state index in [0.717, 1.165) is 12.8 Å². The van der Waals surface area contributed by atoms with Gasteiger partial charge in [0.25, 0.3) is 10.0 Å². The minimum atomic E-state index is -4.27. The largest absolute Gasteiger partial charge is 0.493 e. The number of nitrogens with zero attached hydrogens (tertiary/aromatic N) is 1. The number of rotatable bonds is 8. The van der Waals surface area contributed by atoms with Crippen LogP contribution in [0.4, 0.5) is 10.1 Å². The topological polar surface area (TPSA) is 76.1 Å². The number of hydrogen-bond donors (Lipinski definition) is 1. The van der Waals surface area contributed by atoms with Crippen molar-refractivity contribution in [1.29, 1.82) is 0 Å². The van der Waals surface area contributed by atoms with Crippen LogP contribution < -0.4 is 9.04 Å². The zero-order valence-corrected chi connectivity index (χ0v) is 20.7. The van der Waals surface area contributed by atoms with Gasteiger partial charge < -0.3 is 14.6 Å². The second kappa shape index (κ2) is 10.6. The lowest BCUT2D eigenvalue weighted by molar-refractivity contribution is 0.0493. The van der Waals surface area contributed by atoms with Gasteiger partial charge in [-0.2, -0.15) is 0 Å². The van der Waals surface area contributed by atoms with Crippen LogP contribution in [-0.2, 0) is 27.6 Å². The van der Waals surface area contributed by atoms with Crippen LogP contribution in [0.25, 0.3) is 0 Å². The number of anilines is 1. The van der Waals surface area contributed by atoms with Gasteiger partial charge in [-0.15, -0.1) is 0 Å². The van der Waals surface area contributed by atoms with Gasteiger partial charge in [-0.05, 0) is 62.1 Å². The Hall–Kier alpha value is -2.16. The number of halogens is 1. The Morgan fingerprint density at radius 2 is 1.88 bits per heavy atom. The third-order valence-electron chi connectivity index (χ3n) is 7.00. The lowest BCUT2D eigenvalue weighted by atomic mass is 9.94. The van der Waals surface area contributed by atoms with E-state index in [2.05, 4.69) is 0 Å². The molecule has 6 nitrogen and oxygen atoms in total. The van der Waals surface area contributed by atoms with E-state index in [0.29, 0.717) is 74.0 Å². The molecule has 0 aliphatic carbocycles. The molecule has 2 aliphatic heterocycles. The fraction of sp³-hybridized carbons (Fsp3) is 0.538. The molecular weight excluding hydrogens is 457 g/mol. The van der Waals surface area contributed by atoms with E-state index in [4.69, 9.17) is 9.47 Å². The molecule has 0 saturated carbocycles. The van der Waals surface area contributed by atoms with Crippen molar-refractivity contribution >= 4 is 15.7 Å². The quantitative estimate of drug-likeness (QED) is 0.577. The van der Waals surface area contributed by atoms with E-state index in [1.807, 2.05) is 13.8 Å². The van der Waals surface area contributed by atoms with Gasteiger partial charge >= 0.3 is 0 Å². The maximum Gasteiger partial charge on any atom is 0.266 e. The van der Waals surface area contributed by atoms with Crippen molar-refractivity contribution in [1.82, 2.24) is 0 Å². The molecule has 0 spiro atoms. The number of hydrogen-bond acceptors (Lipinski definition) is 5. The zero-order valence-electron chi connectivity index (χ0n) is 19.9. The Labute approximate surface area is 201 Å². The van der Waals surface area contributed by atoms with Crippen LogP contribution in [0.1, 0.15) is 61.7 Å². The fourth-order valence-corrected chi connectivity index (χ4v) is 6.77. The van der Waals surface area contributed by atoms with E-state index in [9.17, 15) is 13.5 Å². The van der Waals surface area contributed by atoms with Crippen LogP contribution >= 0.6 is 0 Å². The maximum atomic E-state index is 15.1. The molecule has 4 rings (SSSR count). The van der Waals surface area contributed by atoms with Crippen LogP contribution in [0.5, 0.6) is 5.75 Å². The number of sulfonamides is 1. The predicted octanol–water partition coefficient (Wildman–Crippen LogP) is 4.75. The van der Waals surface area contributed by atoms with E-state index in [1.165, 1.54) is 4.31 Å². The highest BCUT2D eigenvalue weighted by molar-refractivity contribution is 7.92. The molecule has 2 aromatic carbocycles. The van der Waals surface area contributed by atoms with Crippen LogP contribution in [0.3, 0.4) is 0 Å². The van der Waals surface area contributed by atoms with Gasteiger partial charge in [-0.1, -0.05) is 38.1 Å². The fourth-order valence-electron chi connectivity index (χ4n) is 4.92. The summed E-state index contributed by atoms with van der Waals surface area (Å²) in [5.74, 6) is 0.331. The molecule has 2 aliphatic rings. The first-order valence-electron chi connectivity index (χ1n) is 12.2. The molecule has 0 bridgehead atoms. The number of aryl methyl sites for hydroxylation is 1. The zero-order chi connectivity index (χ0) is 24.3. The average molecular weight is 492 g/mol. The smallest absolute Gasteiger partial charge is 0.266 e. The Kier molecular flexibility index (Phi) is 7.80. The first-order chi connectivity index (χ1) is 16.4. The predicted molar refractivity (Wildman–Crippen MR) is 130 cm³/mol. The van der Waals surface area contributed by atoms with Gasteiger partial charge in [-0.3, -0.25) is 4.31 Å². The summed E-state index contributed by atoms with van der Waals surface area (Å²) in [4.78, 5) is 0. The summed E-state index contributed by atoms with van der Waals surface area (Å²) in [6.45, 7) is 5.60. The van der Waals surface area contributed by atoms with Crippen molar-refractivity contribution in [2.45, 2.75) is 63.9 Å². The summed E-state index contributed by atoms with van der Waals surface area (Å²) in [5, 5.41) is 11.2. The van der Waals surface area contributed by atoms with Crippen LogP contribution in [0.15, 0.2) is 36.4 Å². The molecule has 186 valence electrons. The number of fused-ring (bicyclic) bond motifs is 1. The summed E-state index contributed by atoms with van der Waals surface area (Å²) >= 11 is 0. The van der Waals surface area contributed by atoms with Crippen molar-refractivity contribution in [2.24, 2.45) is 5.92 Å². The van der Waals surface area contributed by atoms with Crippen molar-refractivity contribution in [3.8, 4) is 5.75 Å². The minimum Gasteiger partial charge on any atom is -0.493 e. The van der Waals surface area contributed by atoms with E-state index in [1.54, 1.807) is 36.4 Å². The molecule has 0 radical (unpaired) electrons. The molecule has 2 aromatic rings. The first-order valence-corrected chi connectivity index (χ1v) is 13.7. The van der Waals surface area contributed by atoms with Crippen LogP contribution in [-0.4, -0.2) is 39.4 Å². The number of benzene rings is 2. The highest BCUT2D eigenvalue weighted by atomic mass is 32.2. The molecule has 2 heterocycles. The Morgan fingerprint density at radius 3 is 2.59 bits per heavy atom. The normalized spacial score (nSPS) is 20.1. The summed E-state index contributed by atoms with van der Waals surface area (Å²) < 4.78 is 55.4. The van der Waals surface area contributed by atoms with Crippen LogP contribution in [0.2, 0.25) is 0 Å². The minimum absolute atomic E-state index is 0.196. The van der Waals surface area contributed by atoms with Crippen molar-refractivity contribution in [3.63, 3.8) is 0 Å². The van der Waals surface area contributed by atoms with Crippen molar-refractivity contribution in [2.75, 3.05) is 24.1 Å². The summed E-state index contributed by atoms with van der Waals surface area (Å²) in [6, 6.07) is 9.67. The molecular formula is C26H34FNO5S. The summed E-state index contributed by atoms with van der Waals surface area (Å²) in [5.41, 5.74) is -0.329. The van der Waals surface area contributed by atoms with Gasteiger partial charge in [0.15, 0.2) is 0 Å². The number of para-hydroxylation sites is 1. The molecule has 2 atom stereocenters. The lowest BCUT2D eigenvalue weighted by Crippen LogP contribution is -2.45. The second-order valence-corrected chi connectivity index (χ2v) is 11.0. The molecule has 2 unspecified atom stereocenters. The second-order valence-electron chi connectivity index (χ2n) is 9.09. The van der Waals surface area contributed by atoms with Gasteiger partial charge in [0.2, 0.25) is 5.44 Å². The van der Waals surface area contributed by atoms with E-state index >= 15 is 4.39 Å². The van der Waals surface area contributed by atoms with E-state index in [-0.39, 0.29) is 17.4 Å². The molecule has 0 aromatic heterocycles. The number of ether oxygens (including phenoxy) is 2. The Balaban J connectivity index is 1.66. The highest BCUT2D eigenvalue weighted by Gasteiger charge is 2.41. The monoisotopic (exact) mass is 491 g/mol. The lowest BCUT2D eigenvalue weighted by Gasteiger charge is -2.39. The van der Waals surface area contributed by atoms with Gasteiger partial charge in [0.1, 0.15) is 11.6 Å². The van der Waals surface area contributed by atoms with Crippen LogP contribution in [0, 0.1) is 11.7 Å². The number of aliphatic hydroxyl groups excluding tert-OH is 1. The SMILES string of the molecule is CCc1ccc2c(c1F)CCC(CC)N2S(=O)(=O)C(O)c1ccccc1OCC1CCOCC1. The van der Waals surface area contributed by atoms with Gasteiger partial charge in [-0.25, -0.2) is 12.8 Å². The molecule has 8 heteroatoms. The summed E-state index contributed by atoms with van der Waals surface area (Å²) in [6.07, 6.45) is 3.84. The first kappa shape index (κ1) is 24.9. The third-order valence-corrected chi connectivity index (χ3v) is 8.87. The molecule has 0 amide bonds. The van der Waals surface area contributed by atoms with E-state index < -0.39 is 15.5 Å². The Bertz CT molecular complexity index is 1100. The maximum absolute atomic E-state index is 15.1. The average Bonchev–Trinajstić information content (AvgIpc) is 2.87. The van der Waals surface area contributed by atoms with Gasteiger partial charge in [0, 0.05) is 30.4 Å². The van der Waals surface area contributed by atoms with Crippen molar-refractivity contribution in [3.05, 3.63) is 58.9 Å². The molecule has 1 fully saturated rings. The molecule has 1 saturated heterocycles. The molecule has 34 heavy (non-hydrogen) atoms. The number of aliphatic hydroxyl groups is 1. The van der Waals surface area contributed by atoms with Gasteiger partial charge in [0.05, 0.1) is 12.3 Å². The Morgan fingerprint density at radius 1 is 1.15 bits per heavy atom. The third kappa shape index (κ3) is 4.81. The summed E-state index contributed by atoms with van der Waals surface area (Å²) in [7, 11) is -4.27.